The number of fused-ring (bicyclic) bond motifs is 1. The van der Waals surface area contributed by atoms with Gasteiger partial charge < -0.3 is 20.8 Å². The molecule has 0 aliphatic heterocycles. The van der Waals surface area contributed by atoms with Gasteiger partial charge in [-0.3, -0.25) is 4.79 Å². The minimum absolute atomic E-state index is 0.00957. The van der Waals surface area contributed by atoms with Gasteiger partial charge in [-0.25, -0.2) is 18.5 Å². The molecule has 1 aliphatic rings. The number of hydrogen-bond donors (Lipinski definition) is 4. The van der Waals surface area contributed by atoms with Gasteiger partial charge in [-0.15, -0.1) is 0 Å². The van der Waals surface area contributed by atoms with E-state index in [0.717, 1.165) is 19.3 Å². The Labute approximate surface area is 166 Å². The summed E-state index contributed by atoms with van der Waals surface area (Å²) in [6.07, 6.45) is 3.95. The molecule has 0 saturated heterocycles. The van der Waals surface area contributed by atoms with Crippen molar-refractivity contribution < 1.29 is 17.6 Å². The first-order valence-electron chi connectivity index (χ1n) is 9.02. The van der Waals surface area contributed by atoms with Gasteiger partial charge in [0.05, 0.1) is 17.1 Å². The number of furan rings is 1. The lowest BCUT2D eigenvalue weighted by Crippen LogP contribution is -2.34. The maximum absolute atomic E-state index is 11.7. The number of benzene rings is 1. The number of amides is 1. The maximum Gasteiger partial charge on any atom is 0.238 e. The van der Waals surface area contributed by atoms with Crippen LogP contribution < -0.4 is 21.5 Å². The summed E-state index contributed by atoms with van der Waals surface area (Å²) >= 11 is 0. The molecule has 152 valence electrons. The Morgan fingerprint density at radius 3 is 2.59 bits per heavy atom. The number of sulfonamides is 1. The highest BCUT2D eigenvalue weighted by molar-refractivity contribution is 7.89. The van der Waals surface area contributed by atoms with Crippen molar-refractivity contribution in [3.05, 3.63) is 36.6 Å². The van der Waals surface area contributed by atoms with E-state index in [1.54, 1.807) is 18.2 Å². The fourth-order valence-electron chi connectivity index (χ4n) is 3.52. The van der Waals surface area contributed by atoms with E-state index in [-0.39, 0.29) is 22.8 Å². The number of hydrogen-bond acceptors (Lipinski definition) is 8. The Balaban J connectivity index is 1.62. The van der Waals surface area contributed by atoms with E-state index in [0.29, 0.717) is 28.6 Å². The first-order valence-corrected chi connectivity index (χ1v) is 10.6. The highest BCUT2D eigenvalue weighted by Crippen LogP contribution is 2.31. The number of carbonyl (C=O) groups excluding carboxylic acids is 1. The van der Waals surface area contributed by atoms with Crippen LogP contribution in [0.2, 0.25) is 0 Å². The summed E-state index contributed by atoms with van der Waals surface area (Å²) < 4.78 is 28.3. The SMILES string of the molecule is NC(=O)[C@@H]1CCC[C@@H]1Nc1nc(Nc2ccc(S(N)(=O)=O)cc2)nc2ccoc12. The summed E-state index contributed by atoms with van der Waals surface area (Å²) in [5, 5.41) is 11.4. The molecule has 0 bridgehead atoms. The summed E-state index contributed by atoms with van der Waals surface area (Å²) in [6, 6.07) is 7.49. The van der Waals surface area contributed by atoms with Crippen molar-refractivity contribution >= 4 is 44.5 Å². The van der Waals surface area contributed by atoms with Crippen LogP contribution in [0.3, 0.4) is 0 Å². The topological polar surface area (TPSA) is 166 Å². The van der Waals surface area contributed by atoms with Crippen molar-refractivity contribution in [1.29, 1.82) is 0 Å². The number of rotatable bonds is 6. The first kappa shape index (κ1) is 19.2. The van der Waals surface area contributed by atoms with Gasteiger partial charge in [0.2, 0.25) is 21.9 Å². The van der Waals surface area contributed by atoms with Crippen molar-refractivity contribution in [1.82, 2.24) is 9.97 Å². The zero-order chi connectivity index (χ0) is 20.6. The molecule has 2 heterocycles. The fraction of sp³-hybridized carbons (Fsp3) is 0.278. The molecule has 2 atom stereocenters. The van der Waals surface area contributed by atoms with E-state index < -0.39 is 10.0 Å². The van der Waals surface area contributed by atoms with E-state index in [1.807, 2.05) is 0 Å². The van der Waals surface area contributed by atoms with Crippen molar-refractivity contribution in [2.45, 2.75) is 30.2 Å². The van der Waals surface area contributed by atoms with E-state index in [2.05, 4.69) is 20.6 Å². The monoisotopic (exact) mass is 416 g/mol. The minimum atomic E-state index is -3.77. The molecule has 1 aromatic carbocycles. The van der Waals surface area contributed by atoms with Crippen LogP contribution in [-0.4, -0.2) is 30.3 Å². The predicted octanol–water partition coefficient (Wildman–Crippen LogP) is 1.68. The van der Waals surface area contributed by atoms with Gasteiger partial charge in [0.25, 0.3) is 0 Å². The molecule has 3 aromatic rings. The molecule has 0 radical (unpaired) electrons. The Morgan fingerprint density at radius 1 is 1.14 bits per heavy atom. The Kier molecular flexibility index (Phi) is 4.84. The van der Waals surface area contributed by atoms with Crippen LogP contribution in [-0.2, 0) is 14.8 Å². The van der Waals surface area contributed by atoms with Crippen molar-refractivity contribution in [3.8, 4) is 0 Å². The molecule has 4 rings (SSSR count). The Bertz CT molecular complexity index is 1160. The van der Waals surface area contributed by atoms with Gasteiger partial charge in [-0.05, 0) is 37.1 Å². The van der Waals surface area contributed by atoms with Crippen molar-refractivity contribution in [3.63, 3.8) is 0 Å². The van der Waals surface area contributed by atoms with Crippen LogP contribution in [0.25, 0.3) is 11.1 Å². The third-order valence-electron chi connectivity index (χ3n) is 4.95. The second kappa shape index (κ2) is 7.33. The highest BCUT2D eigenvalue weighted by Gasteiger charge is 2.32. The summed E-state index contributed by atoms with van der Waals surface area (Å²) in [5.74, 6) is 0.148. The number of primary amides is 1. The van der Waals surface area contributed by atoms with Gasteiger partial charge in [-0.2, -0.15) is 4.98 Å². The third kappa shape index (κ3) is 4.00. The van der Waals surface area contributed by atoms with E-state index in [9.17, 15) is 13.2 Å². The Hall–Kier alpha value is -3.18. The smallest absolute Gasteiger partial charge is 0.238 e. The van der Waals surface area contributed by atoms with Crippen LogP contribution in [0.4, 0.5) is 17.5 Å². The van der Waals surface area contributed by atoms with Crippen LogP contribution in [0.1, 0.15) is 19.3 Å². The zero-order valence-corrected chi connectivity index (χ0v) is 16.1. The first-order chi connectivity index (χ1) is 13.8. The largest absolute Gasteiger partial charge is 0.459 e. The molecular formula is C18H20N6O4S. The quantitative estimate of drug-likeness (QED) is 0.471. The predicted molar refractivity (Wildman–Crippen MR) is 107 cm³/mol. The normalized spacial score (nSPS) is 19.3. The summed E-state index contributed by atoms with van der Waals surface area (Å²) in [7, 11) is -3.77. The number of primary sulfonamides is 1. The average molecular weight is 416 g/mol. The average Bonchev–Trinajstić information content (AvgIpc) is 3.30. The van der Waals surface area contributed by atoms with Crippen molar-refractivity contribution in [2.75, 3.05) is 10.6 Å². The van der Waals surface area contributed by atoms with Crippen LogP contribution in [0.15, 0.2) is 45.9 Å². The van der Waals surface area contributed by atoms with E-state index in [4.69, 9.17) is 15.3 Å². The number of aromatic nitrogens is 2. The van der Waals surface area contributed by atoms with E-state index >= 15 is 0 Å². The molecule has 0 unspecified atom stereocenters. The van der Waals surface area contributed by atoms with Crippen LogP contribution in [0.5, 0.6) is 0 Å². The van der Waals surface area contributed by atoms with Gasteiger partial charge >= 0.3 is 0 Å². The number of nitrogens with two attached hydrogens (primary N) is 2. The van der Waals surface area contributed by atoms with E-state index in [1.165, 1.54) is 18.4 Å². The van der Waals surface area contributed by atoms with Crippen molar-refractivity contribution in [2.24, 2.45) is 16.8 Å². The van der Waals surface area contributed by atoms with Gasteiger partial charge in [0.15, 0.2) is 11.4 Å². The second-order valence-corrected chi connectivity index (χ2v) is 8.48. The Morgan fingerprint density at radius 2 is 1.90 bits per heavy atom. The number of anilines is 3. The highest BCUT2D eigenvalue weighted by atomic mass is 32.2. The lowest BCUT2D eigenvalue weighted by molar-refractivity contribution is -0.121. The summed E-state index contributed by atoms with van der Waals surface area (Å²) in [4.78, 5) is 20.6. The molecule has 1 fully saturated rings. The van der Waals surface area contributed by atoms with Gasteiger partial charge in [0, 0.05) is 17.8 Å². The zero-order valence-electron chi connectivity index (χ0n) is 15.3. The molecule has 0 spiro atoms. The number of carbonyl (C=O) groups is 1. The number of nitrogens with one attached hydrogen (secondary N) is 2. The standard InChI is InChI=1S/C18H20N6O4S/c19-16(25)12-2-1-3-13(12)22-17-15-14(8-9-28-15)23-18(24-17)21-10-4-6-11(7-5-10)29(20,26)27/h4-9,12-13H,1-3H2,(H2,19,25)(H2,20,26,27)(H2,21,22,23,24)/t12-,13+/m1/s1. The minimum Gasteiger partial charge on any atom is -0.459 e. The summed E-state index contributed by atoms with van der Waals surface area (Å²) in [6.45, 7) is 0. The molecule has 1 amide bonds. The molecule has 2 aromatic heterocycles. The molecule has 1 aliphatic carbocycles. The lowest BCUT2D eigenvalue weighted by Gasteiger charge is -2.19. The fourth-order valence-corrected chi connectivity index (χ4v) is 4.04. The molecule has 6 N–H and O–H groups in total. The number of nitrogens with zero attached hydrogens (tertiary/aromatic N) is 2. The maximum atomic E-state index is 11.7. The third-order valence-corrected chi connectivity index (χ3v) is 5.88. The molecule has 1 saturated carbocycles. The molecule has 29 heavy (non-hydrogen) atoms. The molecular weight excluding hydrogens is 396 g/mol. The van der Waals surface area contributed by atoms with Crippen LogP contribution in [0, 0.1) is 5.92 Å². The van der Waals surface area contributed by atoms with Gasteiger partial charge in [0.1, 0.15) is 5.52 Å². The van der Waals surface area contributed by atoms with Crippen LogP contribution >= 0.6 is 0 Å². The molecule has 10 nitrogen and oxygen atoms in total. The lowest BCUT2D eigenvalue weighted by atomic mass is 10.0. The molecule has 11 heteroatoms. The summed E-state index contributed by atoms with van der Waals surface area (Å²) in [5.41, 5.74) is 7.16. The second-order valence-electron chi connectivity index (χ2n) is 6.92. The van der Waals surface area contributed by atoms with Gasteiger partial charge in [-0.1, -0.05) is 6.42 Å².